The summed E-state index contributed by atoms with van der Waals surface area (Å²) in [5, 5.41) is 5.92. The Morgan fingerprint density at radius 1 is 1.33 bits per heavy atom. The number of hydrogen-bond acceptors (Lipinski definition) is 3. The standard InChI is InChI=1S/C11H24N4O2S/c1-5-8-13-11(12-4)14-9-10-18(16,17)15(6-2)7-3/h5H,1,6-10H2,2-4H3,(H2,12,13,14). The average molecular weight is 276 g/mol. The van der Waals surface area contributed by atoms with E-state index >= 15 is 0 Å². The zero-order chi connectivity index (χ0) is 14.0. The molecule has 7 heteroatoms. The quantitative estimate of drug-likeness (QED) is 0.372. The van der Waals surface area contributed by atoms with Crippen molar-refractivity contribution in [1.29, 1.82) is 0 Å². The van der Waals surface area contributed by atoms with E-state index in [1.807, 2.05) is 13.8 Å². The van der Waals surface area contributed by atoms with E-state index in [1.54, 1.807) is 13.1 Å². The lowest BCUT2D eigenvalue weighted by Crippen LogP contribution is -2.42. The molecule has 0 saturated carbocycles. The highest BCUT2D eigenvalue weighted by Crippen LogP contribution is 1.99. The van der Waals surface area contributed by atoms with Gasteiger partial charge in [0.15, 0.2) is 5.96 Å². The molecule has 0 amide bonds. The van der Waals surface area contributed by atoms with Gasteiger partial charge >= 0.3 is 0 Å². The molecule has 0 radical (unpaired) electrons. The van der Waals surface area contributed by atoms with Crippen LogP contribution in [-0.4, -0.2) is 57.7 Å². The second kappa shape index (κ2) is 8.93. The topological polar surface area (TPSA) is 73.8 Å². The van der Waals surface area contributed by atoms with Gasteiger partial charge in [0.2, 0.25) is 10.0 Å². The molecule has 0 atom stereocenters. The molecular formula is C11H24N4O2S. The number of rotatable bonds is 8. The van der Waals surface area contributed by atoms with E-state index < -0.39 is 10.0 Å². The molecule has 0 unspecified atom stereocenters. The van der Waals surface area contributed by atoms with Crippen molar-refractivity contribution < 1.29 is 8.42 Å². The molecule has 0 aromatic rings. The molecule has 18 heavy (non-hydrogen) atoms. The number of guanidine groups is 1. The van der Waals surface area contributed by atoms with Crippen LogP contribution < -0.4 is 10.6 Å². The first-order valence-corrected chi connectivity index (χ1v) is 7.65. The second-order valence-corrected chi connectivity index (χ2v) is 5.66. The summed E-state index contributed by atoms with van der Waals surface area (Å²) in [6.07, 6.45) is 1.71. The van der Waals surface area contributed by atoms with Crippen molar-refractivity contribution in [2.45, 2.75) is 13.8 Å². The van der Waals surface area contributed by atoms with E-state index in [2.05, 4.69) is 22.2 Å². The highest BCUT2D eigenvalue weighted by Gasteiger charge is 2.17. The van der Waals surface area contributed by atoms with Crippen LogP contribution in [0.3, 0.4) is 0 Å². The van der Waals surface area contributed by atoms with E-state index in [0.717, 1.165) is 0 Å². The minimum atomic E-state index is -3.18. The molecule has 0 aliphatic carbocycles. The van der Waals surface area contributed by atoms with Crippen molar-refractivity contribution in [2.24, 2.45) is 4.99 Å². The molecule has 106 valence electrons. The van der Waals surface area contributed by atoms with Crippen molar-refractivity contribution >= 4 is 16.0 Å². The summed E-state index contributed by atoms with van der Waals surface area (Å²) in [5.41, 5.74) is 0. The van der Waals surface area contributed by atoms with Crippen LogP contribution in [0.2, 0.25) is 0 Å². The summed E-state index contributed by atoms with van der Waals surface area (Å²) in [6, 6.07) is 0. The molecule has 0 saturated heterocycles. The fourth-order valence-electron chi connectivity index (χ4n) is 1.43. The minimum absolute atomic E-state index is 0.0590. The van der Waals surface area contributed by atoms with Gasteiger partial charge in [-0.15, -0.1) is 6.58 Å². The van der Waals surface area contributed by atoms with E-state index in [1.165, 1.54) is 4.31 Å². The van der Waals surface area contributed by atoms with Gasteiger partial charge in [0, 0.05) is 33.2 Å². The average Bonchev–Trinajstić information content (AvgIpc) is 2.34. The lowest BCUT2D eigenvalue weighted by Gasteiger charge is -2.18. The van der Waals surface area contributed by atoms with Crippen LogP contribution in [0.4, 0.5) is 0 Å². The monoisotopic (exact) mass is 276 g/mol. The lowest BCUT2D eigenvalue weighted by atomic mass is 10.6. The first kappa shape index (κ1) is 16.9. The Bertz CT molecular complexity index is 361. The summed E-state index contributed by atoms with van der Waals surface area (Å²) < 4.78 is 25.2. The van der Waals surface area contributed by atoms with Crippen molar-refractivity contribution in [2.75, 3.05) is 39.0 Å². The van der Waals surface area contributed by atoms with E-state index in [4.69, 9.17) is 0 Å². The molecule has 0 fully saturated rings. The van der Waals surface area contributed by atoms with Gasteiger partial charge in [-0.3, -0.25) is 4.99 Å². The Morgan fingerprint density at radius 2 is 1.94 bits per heavy atom. The molecule has 0 aromatic carbocycles. The SMILES string of the molecule is C=CCNC(=NC)NCCS(=O)(=O)N(CC)CC. The van der Waals surface area contributed by atoms with Crippen LogP contribution in [0.5, 0.6) is 0 Å². The van der Waals surface area contributed by atoms with Gasteiger partial charge in [0.1, 0.15) is 0 Å². The minimum Gasteiger partial charge on any atom is -0.355 e. The molecule has 0 spiro atoms. The summed E-state index contributed by atoms with van der Waals surface area (Å²) in [7, 11) is -1.54. The molecule has 0 aromatic heterocycles. The van der Waals surface area contributed by atoms with Crippen LogP contribution in [0.25, 0.3) is 0 Å². The molecule has 0 aliphatic heterocycles. The molecule has 6 nitrogen and oxygen atoms in total. The predicted molar refractivity (Wildman–Crippen MR) is 76.3 cm³/mol. The van der Waals surface area contributed by atoms with Crippen molar-refractivity contribution in [3.05, 3.63) is 12.7 Å². The summed E-state index contributed by atoms with van der Waals surface area (Å²) >= 11 is 0. The fraction of sp³-hybridized carbons (Fsp3) is 0.727. The zero-order valence-electron chi connectivity index (χ0n) is 11.4. The summed E-state index contributed by atoms with van der Waals surface area (Å²) in [5.74, 6) is 0.633. The largest absolute Gasteiger partial charge is 0.355 e. The summed E-state index contributed by atoms with van der Waals surface area (Å²) in [4.78, 5) is 3.97. The van der Waals surface area contributed by atoms with Crippen LogP contribution in [0.15, 0.2) is 17.6 Å². The maximum Gasteiger partial charge on any atom is 0.215 e. The third kappa shape index (κ3) is 6.02. The Morgan fingerprint density at radius 3 is 2.39 bits per heavy atom. The first-order chi connectivity index (χ1) is 8.51. The Hall–Kier alpha value is -1.08. The van der Waals surface area contributed by atoms with Crippen LogP contribution >= 0.6 is 0 Å². The molecule has 2 N–H and O–H groups in total. The highest BCUT2D eigenvalue weighted by atomic mass is 32.2. The van der Waals surface area contributed by atoms with Gasteiger partial charge in [-0.2, -0.15) is 0 Å². The number of aliphatic imine (C=N–C) groups is 1. The Labute approximate surface area is 110 Å². The first-order valence-electron chi connectivity index (χ1n) is 6.05. The predicted octanol–water partition coefficient (Wildman–Crippen LogP) is 0.00900. The molecular weight excluding hydrogens is 252 g/mol. The maximum atomic E-state index is 11.9. The second-order valence-electron chi connectivity index (χ2n) is 3.57. The van der Waals surface area contributed by atoms with Gasteiger partial charge in [0.25, 0.3) is 0 Å². The number of nitrogens with one attached hydrogen (secondary N) is 2. The molecule has 0 heterocycles. The molecule has 0 bridgehead atoms. The third-order valence-corrected chi connectivity index (χ3v) is 4.41. The Kier molecular flexibility index (Phi) is 8.40. The summed E-state index contributed by atoms with van der Waals surface area (Å²) in [6.45, 7) is 9.17. The van der Waals surface area contributed by atoms with E-state index in [9.17, 15) is 8.42 Å². The van der Waals surface area contributed by atoms with Gasteiger partial charge < -0.3 is 10.6 Å². The van der Waals surface area contributed by atoms with Crippen LogP contribution in [0.1, 0.15) is 13.8 Å². The normalized spacial score (nSPS) is 12.6. The van der Waals surface area contributed by atoms with Gasteiger partial charge in [-0.05, 0) is 0 Å². The number of sulfonamides is 1. The zero-order valence-corrected chi connectivity index (χ0v) is 12.3. The van der Waals surface area contributed by atoms with Gasteiger partial charge in [-0.25, -0.2) is 12.7 Å². The van der Waals surface area contributed by atoms with Gasteiger partial charge in [0.05, 0.1) is 5.75 Å². The van der Waals surface area contributed by atoms with Crippen molar-refractivity contribution in [3.63, 3.8) is 0 Å². The van der Waals surface area contributed by atoms with Crippen LogP contribution in [0, 0.1) is 0 Å². The molecule has 0 aliphatic rings. The third-order valence-electron chi connectivity index (χ3n) is 2.39. The van der Waals surface area contributed by atoms with Gasteiger partial charge in [-0.1, -0.05) is 19.9 Å². The van der Waals surface area contributed by atoms with Crippen LogP contribution in [-0.2, 0) is 10.0 Å². The number of nitrogens with zero attached hydrogens (tertiary/aromatic N) is 2. The van der Waals surface area contributed by atoms with E-state index in [-0.39, 0.29) is 5.75 Å². The van der Waals surface area contributed by atoms with E-state index in [0.29, 0.717) is 32.1 Å². The van der Waals surface area contributed by atoms with Crippen molar-refractivity contribution in [3.8, 4) is 0 Å². The number of hydrogen-bond donors (Lipinski definition) is 2. The maximum absolute atomic E-state index is 11.9. The van der Waals surface area contributed by atoms with Crippen molar-refractivity contribution in [1.82, 2.24) is 14.9 Å². The molecule has 0 rings (SSSR count). The lowest BCUT2D eigenvalue weighted by molar-refractivity contribution is 0.445. The Balaban J connectivity index is 4.20. The fourth-order valence-corrected chi connectivity index (χ4v) is 2.84. The highest BCUT2D eigenvalue weighted by molar-refractivity contribution is 7.89. The smallest absolute Gasteiger partial charge is 0.215 e.